The van der Waals surface area contributed by atoms with Crippen LogP contribution in [0.1, 0.15) is 34.7 Å². The first-order valence-electron chi connectivity index (χ1n) is 7.34. The van der Waals surface area contributed by atoms with E-state index in [0.717, 1.165) is 36.0 Å². The standard InChI is InChI=1S/C18H18BrNO/c19-17-8-6-16(7-9-17)18(21)20-12-10-15(11-13-20)14-4-2-1-3-5-14/h1-9,15H,10-13H2. The zero-order valence-electron chi connectivity index (χ0n) is 11.8. The third-order valence-corrected chi connectivity index (χ3v) is 4.67. The number of amides is 1. The lowest BCUT2D eigenvalue weighted by molar-refractivity contribution is 0.0713. The zero-order valence-corrected chi connectivity index (χ0v) is 13.4. The minimum absolute atomic E-state index is 0.147. The summed E-state index contributed by atoms with van der Waals surface area (Å²) in [5, 5.41) is 0. The van der Waals surface area contributed by atoms with Crippen LogP contribution in [0.5, 0.6) is 0 Å². The van der Waals surface area contributed by atoms with Crippen molar-refractivity contribution in [2.45, 2.75) is 18.8 Å². The molecule has 0 radical (unpaired) electrons. The van der Waals surface area contributed by atoms with E-state index in [-0.39, 0.29) is 5.91 Å². The molecule has 0 saturated carbocycles. The van der Waals surface area contributed by atoms with E-state index >= 15 is 0 Å². The van der Waals surface area contributed by atoms with Gasteiger partial charge in [0.2, 0.25) is 0 Å². The predicted octanol–water partition coefficient (Wildman–Crippen LogP) is 4.47. The van der Waals surface area contributed by atoms with Gasteiger partial charge in [-0.1, -0.05) is 46.3 Å². The lowest BCUT2D eigenvalue weighted by Crippen LogP contribution is -2.37. The SMILES string of the molecule is O=C(c1ccc(Br)cc1)N1CCC(c2ccccc2)CC1. The Labute approximate surface area is 133 Å². The first-order chi connectivity index (χ1) is 10.2. The molecule has 3 rings (SSSR count). The molecule has 0 aliphatic carbocycles. The molecule has 21 heavy (non-hydrogen) atoms. The number of nitrogens with zero attached hydrogens (tertiary/aromatic N) is 1. The predicted molar refractivity (Wildman–Crippen MR) is 88.5 cm³/mol. The second-order valence-electron chi connectivity index (χ2n) is 5.48. The Kier molecular flexibility index (Phi) is 4.39. The van der Waals surface area contributed by atoms with Gasteiger partial charge < -0.3 is 4.90 Å². The van der Waals surface area contributed by atoms with Crippen molar-refractivity contribution in [1.82, 2.24) is 4.90 Å². The molecule has 0 atom stereocenters. The quantitative estimate of drug-likeness (QED) is 0.787. The van der Waals surface area contributed by atoms with E-state index in [2.05, 4.69) is 46.3 Å². The summed E-state index contributed by atoms with van der Waals surface area (Å²) >= 11 is 3.40. The van der Waals surface area contributed by atoms with Crippen LogP contribution in [-0.2, 0) is 0 Å². The molecule has 108 valence electrons. The molecule has 0 bridgehead atoms. The molecule has 1 aliphatic rings. The Morgan fingerprint density at radius 1 is 0.952 bits per heavy atom. The second kappa shape index (κ2) is 6.44. The van der Waals surface area contributed by atoms with Crippen LogP contribution in [-0.4, -0.2) is 23.9 Å². The molecule has 1 aliphatic heterocycles. The van der Waals surface area contributed by atoms with Gasteiger partial charge in [0.1, 0.15) is 0 Å². The molecule has 2 aromatic rings. The fourth-order valence-electron chi connectivity index (χ4n) is 2.92. The number of carbonyl (C=O) groups is 1. The average molecular weight is 344 g/mol. The summed E-state index contributed by atoms with van der Waals surface area (Å²) in [5.41, 5.74) is 2.17. The molecule has 2 aromatic carbocycles. The van der Waals surface area contributed by atoms with Crippen molar-refractivity contribution in [1.29, 1.82) is 0 Å². The molecule has 0 unspecified atom stereocenters. The smallest absolute Gasteiger partial charge is 0.253 e. The Morgan fingerprint density at radius 3 is 2.19 bits per heavy atom. The molecule has 3 heteroatoms. The van der Waals surface area contributed by atoms with Crippen LogP contribution < -0.4 is 0 Å². The Bertz CT molecular complexity index is 601. The van der Waals surface area contributed by atoms with Gasteiger partial charge in [0, 0.05) is 23.1 Å². The maximum Gasteiger partial charge on any atom is 0.253 e. The highest BCUT2D eigenvalue weighted by Gasteiger charge is 2.24. The van der Waals surface area contributed by atoms with Crippen LogP contribution in [0, 0.1) is 0 Å². The lowest BCUT2D eigenvalue weighted by atomic mass is 9.89. The summed E-state index contributed by atoms with van der Waals surface area (Å²) in [5.74, 6) is 0.731. The number of likely N-dealkylation sites (tertiary alicyclic amines) is 1. The van der Waals surface area contributed by atoms with Crippen LogP contribution in [0.25, 0.3) is 0 Å². The van der Waals surface area contributed by atoms with E-state index in [0.29, 0.717) is 5.92 Å². The van der Waals surface area contributed by atoms with Crippen molar-refractivity contribution in [2.75, 3.05) is 13.1 Å². The van der Waals surface area contributed by atoms with Crippen molar-refractivity contribution in [3.63, 3.8) is 0 Å². The molecule has 0 spiro atoms. The van der Waals surface area contributed by atoms with Crippen molar-refractivity contribution in [3.8, 4) is 0 Å². The summed E-state index contributed by atoms with van der Waals surface area (Å²) in [6, 6.07) is 18.2. The molecule has 1 fully saturated rings. The van der Waals surface area contributed by atoms with Crippen LogP contribution in [0.4, 0.5) is 0 Å². The highest BCUT2D eigenvalue weighted by atomic mass is 79.9. The summed E-state index contributed by atoms with van der Waals surface area (Å²) in [4.78, 5) is 14.4. The lowest BCUT2D eigenvalue weighted by Gasteiger charge is -2.32. The van der Waals surface area contributed by atoms with E-state index in [9.17, 15) is 4.79 Å². The normalized spacial score (nSPS) is 16.0. The van der Waals surface area contributed by atoms with Gasteiger partial charge in [0.05, 0.1) is 0 Å². The largest absolute Gasteiger partial charge is 0.339 e. The number of halogens is 1. The van der Waals surface area contributed by atoms with Gasteiger partial charge in [0.25, 0.3) is 5.91 Å². The fourth-order valence-corrected chi connectivity index (χ4v) is 3.18. The highest BCUT2D eigenvalue weighted by molar-refractivity contribution is 9.10. The van der Waals surface area contributed by atoms with E-state index in [4.69, 9.17) is 0 Å². The first kappa shape index (κ1) is 14.3. The number of carbonyl (C=O) groups excluding carboxylic acids is 1. The number of benzene rings is 2. The Balaban J connectivity index is 1.63. The number of piperidine rings is 1. The molecule has 1 amide bonds. The van der Waals surface area contributed by atoms with Gasteiger partial charge in [0.15, 0.2) is 0 Å². The van der Waals surface area contributed by atoms with Crippen LogP contribution in [0.15, 0.2) is 59.1 Å². The van der Waals surface area contributed by atoms with Gasteiger partial charge in [-0.3, -0.25) is 4.79 Å². The molecule has 2 nitrogen and oxygen atoms in total. The maximum atomic E-state index is 12.5. The van der Waals surface area contributed by atoms with Crippen molar-refractivity contribution >= 4 is 21.8 Å². The number of hydrogen-bond donors (Lipinski definition) is 0. The van der Waals surface area contributed by atoms with E-state index in [1.165, 1.54) is 5.56 Å². The zero-order chi connectivity index (χ0) is 14.7. The van der Waals surface area contributed by atoms with Crippen molar-refractivity contribution in [2.24, 2.45) is 0 Å². The van der Waals surface area contributed by atoms with Gasteiger partial charge >= 0.3 is 0 Å². The maximum absolute atomic E-state index is 12.5. The van der Waals surface area contributed by atoms with Gasteiger partial charge in [-0.2, -0.15) is 0 Å². The van der Waals surface area contributed by atoms with E-state index in [1.807, 2.05) is 29.2 Å². The fraction of sp³-hybridized carbons (Fsp3) is 0.278. The second-order valence-corrected chi connectivity index (χ2v) is 6.40. The van der Waals surface area contributed by atoms with Gasteiger partial charge in [-0.15, -0.1) is 0 Å². The van der Waals surface area contributed by atoms with Crippen molar-refractivity contribution in [3.05, 3.63) is 70.2 Å². The molecule has 1 heterocycles. The minimum Gasteiger partial charge on any atom is -0.339 e. The Morgan fingerprint density at radius 2 is 1.57 bits per heavy atom. The monoisotopic (exact) mass is 343 g/mol. The molecule has 0 N–H and O–H groups in total. The minimum atomic E-state index is 0.147. The molecule has 0 aromatic heterocycles. The van der Waals surface area contributed by atoms with Crippen molar-refractivity contribution < 1.29 is 4.79 Å². The summed E-state index contributed by atoms with van der Waals surface area (Å²) < 4.78 is 1.00. The summed E-state index contributed by atoms with van der Waals surface area (Å²) in [6.45, 7) is 1.68. The highest BCUT2D eigenvalue weighted by Crippen LogP contribution is 2.28. The number of hydrogen-bond acceptors (Lipinski definition) is 1. The van der Waals surface area contributed by atoms with Crippen LogP contribution in [0.3, 0.4) is 0 Å². The van der Waals surface area contributed by atoms with Crippen LogP contribution >= 0.6 is 15.9 Å². The number of rotatable bonds is 2. The third kappa shape index (κ3) is 3.35. The van der Waals surface area contributed by atoms with E-state index < -0.39 is 0 Å². The first-order valence-corrected chi connectivity index (χ1v) is 8.13. The average Bonchev–Trinajstić information content (AvgIpc) is 2.56. The summed E-state index contributed by atoms with van der Waals surface area (Å²) in [7, 11) is 0. The van der Waals surface area contributed by atoms with E-state index in [1.54, 1.807) is 0 Å². The van der Waals surface area contributed by atoms with Gasteiger partial charge in [-0.25, -0.2) is 0 Å². The molecule has 1 saturated heterocycles. The molecular weight excluding hydrogens is 326 g/mol. The third-order valence-electron chi connectivity index (χ3n) is 4.14. The van der Waals surface area contributed by atoms with Gasteiger partial charge in [-0.05, 0) is 48.6 Å². The molecular formula is C18H18BrNO. The van der Waals surface area contributed by atoms with Crippen LogP contribution in [0.2, 0.25) is 0 Å². The Hall–Kier alpha value is -1.61. The summed E-state index contributed by atoms with van der Waals surface area (Å²) in [6.07, 6.45) is 2.10. The topological polar surface area (TPSA) is 20.3 Å².